The maximum Gasteiger partial charge on any atom is 0.416 e. The number of benzene rings is 1. The quantitative estimate of drug-likeness (QED) is 0.712. The fraction of sp³-hybridized carbons (Fsp3) is 0.100. The van der Waals surface area contributed by atoms with E-state index in [0.717, 1.165) is 12.1 Å². The van der Waals surface area contributed by atoms with Gasteiger partial charge in [-0.25, -0.2) is 0 Å². The molecule has 0 saturated heterocycles. The molecular weight excluding hydrogens is 271 g/mol. The largest absolute Gasteiger partial charge is 0.416 e. The van der Waals surface area contributed by atoms with Crippen LogP contribution in [0.5, 0.6) is 0 Å². The molecule has 0 fully saturated rings. The lowest BCUT2D eigenvalue weighted by Crippen LogP contribution is -2.04. The van der Waals surface area contributed by atoms with Gasteiger partial charge in [0, 0.05) is 10.6 Å². The average Bonchev–Trinajstić information content (AvgIpc) is 2.17. The van der Waals surface area contributed by atoms with Gasteiger partial charge in [0.2, 0.25) is 0 Å². The number of allylic oxidation sites excluding steroid dienone is 1. The molecule has 78 valence electrons. The molecule has 0 aliphatic rings. The van der Waals surface area contributed by atoms with Crippen molar-refractivity contribution in [2.24, 2.45) is 0 Å². The summed E-state index contributed by atoms with van der Waals surface area (Å²) in [6, 6.07) is 6.34. The van der Waals surface area contributed by atoms with Crippen LogP contribution in [0.3, 0.4) is 0 Å². The van der Waals surface area contributed by atoms with Crippen molar-refractivity contribution in [1.29, 1.82) is 5.26 Å². The first kappa shape index (κ1) is 11.8. The van der Waals surface area contributed by atoms with Gasteiger partial charge in [-0.15, -0.1) is 0 Å². The van der Waals surface area contributed by atoms with E-state index in [9.17, 15) is 13.2 Å². The monoisotopic (exact) mass is 275 g/mol. The molecule has 1 nitrogen and oxygen atoms in total. The van der Waals surface area contributed by atoms with E-state index in [-0.39, 0.29) is 0 Å². The molecule has 0 aliphatic heterocycles. The Bertz CT molecular complexity index is 412. The second-order valence-electron chi connectivity index (χ2n) is 2.70. The minimum atomic E-state index is -4.33. The van der Waals surface area contributed by atoms with Crippen LogP contribution in [-0.4, -0.2) is 0 Å². The highest BCUT2D eigenvalue weighted by atomic mass is 79.9. The minimum absolute atomic E-state index is 0.457. The number of halogens is 4. The van der Waals surface area contributed by atoms with Crippen LogP contribution in [0.2, 0.25) is 0 Å². The van der Waals surface area contributed by atoms with Crippen LogP contribution in [0, 0.1) is 11.3 Å². The Balaban J connectivity index is 3.02. The van der Waals surface area contributed by atoms with Crippen LogP contribution >= 0.6 is 15.9 Å². The smallest absolute Gasteiger partial charge is 0.193 e. The van der Waals surface area contributed by atoms with Crippen molar-refractivity contribution in [3.8, 4) is 6.07 Å². The number of alkyl halides is 3. The van der Waals surface area contributed by atoms with Crippen LogP contribution in [0.25, 0.3) is 4.48 Å². The maximum atomic E-state index is 12.2. The van der Waals surface area contributed by atoms with Crippen molar-refractivity contribution in [3.05, 3.63) is 41.5 Å². The van der Waals surface area contributed by atoms with Gasteiger partial charge >= 0.3 is 6.18 Å². The van der Waals surface area contributed by atoms with Gasteiger partial charge in [-0.2, -0.15) is 18.4 Å². The number of nitrogens with zero attached hydrogens (tertiary/aromatic N) is 1. The lowest BCUT2D eigenvalue weighted by Gasteiger charge is -2.06. The van der Waals surface area contributed by atoms with E-state index in [0.29, 0.717) is 10.0 Å². The molecule has 0 atom stereocenters. The molecule has 0 radical (unpaired) electrons. The summed E-state index contributed by atoms with van der Waals surface area (Å²) < 4.78 is 37.0. The highest BCUT2D eigenvalue weighted by molar-refractivity contribution is 9.15. The summed E-state index contributed by atoms with van der Waals surface area (Å²) in [5.41, 5.74) is -0.173. The standard InChI is InChI=1S/C10H5BrF3N/c11-9(5-6-15)7-1-3-8(4-2-7)10(12,13)14/h1-5H/b9-5-. The normalized spacial score (nSPS) is 12.3. The molecule has 0 N–H and O–H groups in total. The first-order valence-electron chi connectivity index (χ1n) is 3.88. The van der Waals surface area contributed by atoms with Crippen molar-refractivity contribution < 1.29 is 13.2 Å². The van der Waals surface area contributed by atoms with E-state index in [2.05, 4.69) is 15.9 Å². The van der Waals surface area contributed by atoms with Gasteiger partial charge in [-0.05, 0) is 33.6 Å². The van der Waals surface area contributed by atoms with Crippen LogP contribution < -0.4 is 0 Å². The summed E-state index contributed by atoms with van der Waals surface area (Å²) in [7, 11) is 0. The van der Waals surface area contributed by atoms with Gasteiger partial charge in [0.15, 0.2) is 0 Å². The van der Waals surface area contributed by atoms with Crippen LogP contribution in [0.4, 0.5) is 13.2 Å². The van der Waals surface area contributed by atoms with E-state index in [1.807, 2.05) is 0 Å². The molecule has 1 aromatic rings. The second kappa shape index (κ2) is 4.49. The average molecular weight is 276 g/mol. The van der Waals surface area contributed by atoms with Crippen molar-refractivity contribution in [3.63, 3.8) is 0 Å². The molecular formula is C10H5BrF3N. The Morgan fingerprint density at radius 1 is 1.27 bits per heavy atom. The fourth-order valence-electron chi connectivity index (χ4n) is 0.958. The van der Waals surface area contributed by atoms with Gasteiger partial charge in [0.25, 0.3) is 0 Å². The minimum Gasteiger partial charge on any atom is -0.193 e. The molecule has 0 spiro atoms. The fourth-order valence-corrected chi connectivity index (χ4v) is 1.33. The molecule has 5 heteroatoms. The number of rotatable bonds is 1. The van der Waals surface area contributed by atoms with Crippen LogP contribution in [0.1, 0.15) is 11.1 Å². The Morgan fingerprint density at radius 3 is 2.20 bits per heavy atom. The summed E-state index contributed by atoms with van der Waals surface area (Å²) in [5, 5.41) is 8.35. The summed E-state index contributed by atoms with van der Waals surface area (Å²) in [5.74, 6) is 0. The molecule has 15 heavy (non-hydrogen) atoms. The van der Waals surface area contributed by atoms with Crippen molar-refractivity contribution in [2.45, 2.75) is 6.18 Å². The molecule has 1 rings (SSSR count). The SMILES string of the molecule is N#C/C=C(\Br)c1ccc(C(F)(F)F)cc1. The van der Waals surface area contributed by atoms with Crippen molar-refractivity contribution in [1.82, 2.24) is 0 Å². The maximum absolute atomic E-state index is 12.2. The number of hydrogen-bond donors (Lipinski definition) is 0. The Kier molecular flexibility index (Phi) is 3.53. The van der Waals surface area contributed by atoms with Crippen LogP contribution in [0.15, 0.2) is 30.3 Å². The predicted molar refractivity (Wildman–Crippen MR) is 54.0 cm³/mol. The highest BCUT2D eigenvalue weighted by Crippen LogP contribution is 2.30. The van der Waals surface area contributed by atoms with Gasteiger partial charge in [-0.3, -0.25) is 0 Å². The zero-order valence-corrected chi connectivity index (χ0v) is 8.93. The molecule has 0 amide bonds. The topological polar surface area (TPSA) is 23.8 Å². The van der Waals surface area contributed by atoms with Crippen molar-refractivity contribution in [2.75, 3.05) is 0 Å². The van der Waals surface area contributed by atoms with E-state index in [1.54, 1.807) is 6.07 Å². The number of hydrogen-bond acceptors (Lipinski definition) is 1. The van der Waals surface area contributed by atoms with Gasteiger partial charge in [0.1, 0.15) is 0 Å². The molecule has 0 unspecified atom stereocenters. The van der Waals surface area contributed by atoms with E-state index in [1.165, 1.54) is 18.2 Å². The Labute approximate surface area is 93.0 Å². The van der Waals surface area contributed by atoms with Gasteiger partial charge in [-0.1, -0.05) is 12.1 Å². The van der Waals surface area contributed by atoms with Gasteiger partial charge < -0.3 is 0 Å². The summed E-state index contributed by atoms with van der Waals surface area (Å²) >= 11 is 3.08. The van der Waals surface area contributed by atoms with E-state index in [4.69, 9.17) is 5.26 Å². The molecule has 0 heterocycles. The molecule has 0 aromatic heterocycles. The van der Waals surface area contributed by atoms with E-state index >= 15 is 0 Å². The third kappa shape index (κ3) is 3.10. The Morgan fingerprint density at radius 2 is 1.80 bits per heavy atom. The summed E-state index contributed by atoms with van der Waals surface area (Å²) in [6.45, 7) is 0. The van der Waals surface area contributed by atoms with Crippen molar-refractivity contribution >= 4 is 20.4 Å². The third-order valence-electron chi connectivity index (χ3n) is 1.68. The Hall–Kier alpha value is -1.28. The first-order chi connectivity index (χ1) is 6.95. The third-order valence-corrected chi connectivity index (χ3v) is 2.37. The molecule has 0 aliphatic carbocycles. The number of nitriles is 1. The molecule has 0 saturated carbocycles. The van der Waals surface area contributed by atoms with Gasteiger partial charge in [0.05, 0.1) is 11.6 Å². The second-order valence-corrected chi connectivity index (χ2v) is 3.55. The highest BCUT2D eigenvalue weighted by Gasteiger charge is 2.29. The predicted octanol–water partition coefficient (Wildman–Crippen LogP) is 3.96. The zero-order chi connectivity index (χ0) is 11.5. The van der Waals surface area contributed by atoms with Crippen LogP contribution in [-0.2, 0) is 6.18 Å². The summed E-state index contributed by atoms with van der Waals surface area (Å²) in [6.07, 6.45) is -3.12. The lowest BCUT2D eigenvalue weighted by atomic mass is 10.1. The van der Waals surface area contributed by atoms with E-state index < -0.39 is 11.7 Å². The summed E-state index contributed by atoms with van der Waals surface area (Å²) in [4.78, 5) is 0. The molecule has 0 bridgehead atoms. The lowest BCUT2D eigenvalue weighted by molar-refractivity contribution is -0.137. The molecule has 1 aromatic carbocycles. The first-order valence-corrected chi connectivity index (χ1v) is 4.67. The zero-order valence-electron chi connectivity index (χ0n) is 7.35.